The molecule has 1 fully saturated rings. The monoisotopic (exact) mass is 319 g/mol. The molecule has 0 saturated carbocycles. The molecule has 0 amide bonds. The number of nitrogens with zero attached hydrogens (tertiary/aromatic N) is 2. The van der Waals surface area contributed by atoms with Crippen LogP contribution >= 0.6 is 0 Å². The lowest BCUT2D eigenvalue weighted by molar-refractivity contribution is -0.0459. The van der Waals surface area contributed by atoms with Crippen molar-refractivity contribution in [3.8, 4) is 17.9 Å². The van der Waals surface area contributed by atoms with Gasteiger partial charge in [-0.1, -0.05) is 11.8 Å². The van der Waals surface area contributed by atoms with Gasteiger partial charge in [-0.25, -0.2) is 4.79 Å². The Morgan fingerprint density at radius 2 is 2.22 bits per heavy atom. The lowest BCUT2D eigenvalue weighted by Gasteiger charge is -2.14. The molecule has 8 nitrogen and oxygen atoms in total. The number of aliphatic hydroxyl groups is 2. The summed E-state index contributed by atoms with van der Waals surface area (Å²) < 4.78 is 6.55. The van der Waals surface area contributed by atoms with E-state index in [1.165, 1.54) is 6.20 Å². The molecule has 0 bridgehead atoms. The van der Waals surface area contributed by atoms with Crippen LogP contribution in [0.3, 0.4) is 0 Å². The summed E-state index contributed by atoms with van der Waals surface area (Å²) in [5.41, 5.74) is -1.16. The molecule has 2 rings (SSSR count). The SMILES string of the molecule is N#CCCCC#Cc1cn(C2CC(O)C(CO)O2)c(=O)[nH]c1=O. The smallest absolute Gasteiger partial charge is 0.330 e. The molecule has 1 aliphatic rings. The highest BCUT2D eigenvalue weighted by atomic mass is 16.5. The minimum atomic E-state index is -0.885. The summed E-state index contributed by atoms with van der Waals surface area (Å²) in [6.45, 7) is -0.360. The third-order valence-electron chi connectivity index (χ3n) is 3.48. The van der Waals surface area contributed by atoms with Crippen molar-refractivity contribution in [2.24, 2.45) is 0 Å². The number of aromatic amines is 1. The predicted molar refractivity (Wildman–Crippen MR) is 79.3 cm³/mol. The van der Waals surface area contributed by atoms with Crippen molar-refractivity contribution >= 4 is 0 Å². The van der Waals surface area contributed by atoms with E-state index in [4.69, 9.17) is 15.1 Å². The van der Waals surface area contributed by atoms with Gasteiger partial charge in [0.1, 0.15) is 17.9 Å². The first-order valence-corrected chi connectivity index (χ1v) is 7.22. The average Bonchev–Trinajstić information content (AvgIpc) is 2.89. The number of aromatic nitrogens is 2. The van der Waals surface area contributed by atoms with E-state index in [0.717, 1.165) is 4.57 Å². The molecule has 8 heteroatoms. The second-order valence-corrected chi connectivity index (χ2v) is 5.14. The van der Waals surface area contributed by atoms with E-state index >= 15 is 0 Å². The molecule has 3 N–H and O–H groups in total. The Morgan fingerprint density at radius 3 is 2.87 bits per heavy atom. The van der Waals surface area contributed by atoms with Gasteiger partial charge in [0, 0.05) is 25.5 Å². The molecule has 2 heterocycles. The minimum absolute atomic E-state index is 0.104. The van der Waals surface area contributed by atoms with Crippen LogP contribution in [0.2, 0.25) is 0 Å². The summed E-state index contributed by atoms with van der Waals surface area (Å²) in [4.78, 5) is 25.8. The highest BCUT2D eigenvalue weighted by Gasteiger charge is 2.35. The normalized spacial score (nSPS) is 23.1. The first-order valence-electron chi connectivity index (χ1n) is 7.22. The number of hydrogen-bond donors (Lipinski definition) is 3. The molecular formula is C15H17N3O5. The number of ether oxygens (including phenoxy) is 1. The van der Waals surface area contributed by atoms with E-state index < -0.39 is 29.7 Å². The van der Waals surface area contributed by atoms with Crippen LogP contribution in [0.15, 0.2) is 15.8 Å². The van der Waals surface area contributed by atoms with Crippen molar-refractivity contribution in [2.45, 2.75) is 44.1 Å². The molecule has 23 heavy (non-hydrogen) atoms. The maximum atomic E-state index is 11.9. The number of hydrogen-bond acceptors (Lipinski definition) is 6. The Kier molecular flexibility index (Phi) is 5.72. The Morgan fingerprint density at radius 1 is 1.43 bits per heavy atom. The molecule has 3 unspecified atom stereocenters. The summed E-state index contributed by atoms with van der Waals surface area (Å²) in [5.74, 6) is 5.45. The highest BCUT2D eigenvalue weighted by Crippen LogP contribution is 2.27. The number of unbranched alkanes of at least 4 members (excludes halogenated alkanes) is 2. The van der Waals surface area contributed by atoms with E-state index in [0.29, 0.717) is 19.3 Å². The zero-order chi connectivity index (χ0) is 16.8. The fourth-order valence-corrected chi connectivity index (χ4v) is 2.25. The third-order valence-corrected chi connectivity index (χ3v) is 3.48. The van der Waals surface area contributed by atoms with E-state index in [-0.39, 0.29) is 18.6 Å². The second kappa shape index (κ2) is 7.75. The minimum Gasteiger partial charge on any atom is -0.394 e. The molecule has 0 radical (unpaired) electrons. The van der Waals surface area contributed by atoms with Crippen LogP contribution in [0.1, 0.15) is 37.5 Å². The molecule has 0 aromatic carbocycles. The Labute approximate surface area is 132 Å². The molecule has 1 aromatic heterocycles. The zero-order valence-corrected chi connectivity index (χ0v) is 12.4. The van der Waals surface area contributed by atoms with Crippen molar-refractivity contribution in [3.63, 3.8) is 0 Å². The number of nitrogens with one attached hydrogen (secondary N) is 1. The van der Waals surface area contributed by atoms with Gasteiger partial charge in [0.05, 0.1) is 18.8 Å². The lowest BCUT2D eigenvalue weighted by atomic mass is 10.2. The standard InChI is InChI=1S/C15H17N3O5/c16-6-4-2-1-3-5-10-8-18(15(22)17-14(10)21)13-7-11(20)12(9-19)23-13/h8,11-13,19-20H,1-2,4,7,9H2,(H,17,21,22). The Hall–Kier alpha value is -2.39. The molecule has 0 aliphatic carbocycles. The van der Waals surface area contributed by atoms with Gasteiger partial charge < -0.3 is 14.9 Å². The number of nitriles is 1. The lowest BCUT2D eigenvalue weighted by Crippen LogP contribution is -2.33. The second-order valence-electron chi connectivity index (χ2n) is 5.14. The van der Waals surface area contributed by atoms with Crippen LogP contribution in [0, 0.1) is 23.2 Å². The Balaban J connectivity index is 2.22. The van der Waals surface area contributed by atoms with E-state index in [9.17, 15) is 14.7 Å². The number of H-pyrrole nitrogens is 1. The summed E-state index contributed by atoms with van der Waals surface area (Å²) in [7, 11) is 0. The summed E-state index contributed by atoms with van der Waals surface area (Å²) in [5, 5.41) is 27.2. The van der Waals surface area contributed by atoms with E-state index in [1.807, 2.05) is 6.07 Å². The Bertz CT molecular complexity index is 764. The largest absolute Gasteiger partial charge is 0.394 e. The summed E-state index contributed by atoms with van der Waals surface area (Å²) in [6, 6.07) is 2.00. The van der Waals surface area contributed by atoms with Crippen molar-refractivity contribution in [2.75, 3.05) is 6.61 Å². The van der Waals surface area contributed by atoms with Gasteiger partial charge in [0.25, 0.3) is 5.56 Å². The topological polar surface area (TPSA) is 128 Å². The van der Waals surface area contributed by atoms with Crippen molar-refractivity contribution in [3.05, 3.63) is 32.6 Å². The number of aliphatic hydroxyl groups excluding tert-OH is 2. The average molecular weight is 319 g/mol. The highest BCUT2D eigenvalue weighted by molar-refractivity contribution is 5.29. The maximum Gasteiger partial charge on any atom is 0.330 e. The van der Waals surface area contributed by atoms with Gasteiger partial charge >= 0.3 is 5.69 Å². The zero-order valence-electron chi connectivity index (χ0n) is 12.4. The maximum absolute atomic E-state index is 11.9. The van der Waals surface area contributed by atoms with E-state index in [1.54, 1.807) is 0 Å². The van der Waals surface area contributed by atoms with Crippen molar-refractivity contribution in [1.82, 2.24) is 9.55 Å². The summed E-state index contributed by atoms with van der Waals surface area (Å²) in [6.07, 6.45) is 0.464. The van der Waals surface area contributed by atoms with Crippen LogP contribution in [0.5, 0.6) is 0 Å². The first-order chi connectivity index (χ1) is 11.1. The molecular weight excluding hydrogens is 302 g/mol. The fraction of sp³-hybridized carbons (Fsp3) is 0.533. The van der Waals surface area contributed by atoms with Crippen LogP contribution in [-0.4, -0.2) is 38.6 Å². The van der Waals surface area contributed by atoms with Gasteiger partial charge in [-0.2, -0.15) is 5.26 Å². The third kappa shape index (κ3) is 4.08. The molecule has 3 atom stereocenters. The molecule has 1 aliphatic heterocycles. The van der Waals surface area contributed by atoms with Crippen molar-refractivity contribution < 1.29 is 14.9 Å². The van der Waals surface area contributed by atoms with Crippen LogP contribution in [0.4, 0.5) is 0 Å². The molecule has 1 saturated heterocycles. The van der Waals surface area contributed by atoms with Gasteiger partial charge in [0.2, 0.25) is 0 Å². The van der Waals surface area contributed by atoms with Gasteiger partial charge in [-0.05, 0) is 6.42 Å². The van der Waals surface area contributed by atoms with Gasteiger partial charge in [0.15, 0.2) is 0 Å². The fourth-order valence-electron chi connectivity index (χ4n) is 2.25. The van der Waals surface area contributed by atoms with Crippen LogP contribution in [0.25, 0.3) is 0 Å². The predicted octanol–water partition coefficient (Wildman–Crippen LogP) is -0.777. The van der Waals surface area contributed by atoms with Crippen LogP contribution < -0.4 is 11.2 Å². The molecule has 122 valence electrons. The molecule has 1 aromatic rings. The number of rotatable bonds is 4. The van der Waals surface area contributed by atoms with Gasteiger partial charge in [-0.3, -0.25) is 14.3 Å². The van der Waals surface area contributed by atoms with Crippen molar-refractivity contribution in [1.29, 1.82) is 5.26 Å². The van der Waals surface area contributed by atoms with E-state index in [2.05, 4.69) is 16.8 Å². The quantitative estimate of drug-likeness (QED) is 0.493. The summed E-state index contributed by atoms with van der Waals surface area (Å²) >= 11 is 0. The van der Waals surface area contributed by atoms with Crippen LogP contribution in [-0.2, 0) is 4.74 Å². The first kappa shape index (κ1) is 17.0. The molecule has 0 spiro atoms. The van der Waals surface area contributed by atoms with Gasteiger partial charge in [-0.15, -0.1) is 0 Å².